The Morgan fingerprint density at radius 3 is 2.47 bits per heavy atom. The fourth-order valence-corrected chi connectivity index (χ4v) is 5.55. The van der Waals surface area contributed by atoms with Crippen molar-refractivity contribution in [2.24, 2.45) is 11.3 Å². The maximum absolute atomic E-state index is 12.8. The number of amides is 1. The Labute approximate surface area is 208 Å². The van der Waals surface area contributed by atoms with E-state index in [-0.39, 0.29) is 29.2 Å². The molecule has 2 aliphatic carbocycles. The van der Waals surface area contributed by atoms with Crippen LogP contribution in [0.4, 0.5) is 24.8 Å². The Morgan fingerprint density at radius 2 is 1.83 bits per heavy atom. The van der Waals surface area contributed by atoms with E-state index in [2.05, 4.69) is 40.7 Å². The quantitative estimate of drug-likeness (QED) is 0.384. The number of rotatable bonds is 6. The first kappa shape index (κ1) is 24.5. The second kappa shape index (κ2) is 9.01. The van der Waals surface area contributed by atoms with E-state index in [1.807, 2.05) is 12.1 Å². The second-order valence-electron chi connectivity index (χ2n) is 11.0. The molecule has 0 spiro atoms. The van der Waals surface area contributed by atoms with Crippen LogP contribution in [-0.4, -0.2) is 27.9 Å². The van der Waals surface area contributed by atoms with Gasteiger partial charge in [-0.05, 0) is 85.9 Å². The van der Waals surface area contributed by atoms with Crippen molar-refractivity contribution < 1.29 is 22.7 Å². The Morgan fingerprint density at radius 1 is 1.11 bits per heavy atom. The Balaban J connectivity index is 1.51. The lowest BCUT2D eigenvalue weighted by Crippen LogP contribution is -2.30. The highest BCUT2D eigenvalue weighted by molar-refractivity contribution is 5.98. The minimum atomic E-state index is -4.74. The molecular weight excluding hydrogens is 469 g/mol. The molecule has 6 nitrogen and oxygen atoms in total. The van der Waals surface area contributed by atoms with Crippen LogP contribution in [0.1, 0.15) is 69.3 Å². The summed E-state index contributed by atoms with van der Waals surface area (Å²) in [5.74, 6) is 0.753. The maximum Gasteiger partial charge on any atom is 0.573 e. The number of hydrogen-bond donors (Lipinski definition) is 2. The number of benzene rings is 2. The molecule has 3 aromatic rings. The van der Waals surface area contributed by atoms with Crippen LogP contribution < -0.4 is 15.4 Å². The van der Waals surface area contributed by atoms with Crippen molar-refractivity contribution in [1.82, 2.24) is 14.9 Å². The molecule has 0 saturated heterocycles. The lowest BCUT2D eigenvalue weighted by Gasteiger charge is -2.40. The lowest BCUT2D eigenvalue weighted by molar-refractivity contribution is -0.274. The fraction of sp³-hybridized carbons (Fsp3) is 0.481. The van der Waals surface area contributed by atoms with Gasteiger partial charge >= 0.3 is 6.36 Å². The molecule has 2 aliphatic rings. The maximum atomic E-state index is 12.8. The number of ether oxygens (including phenoxy) is 1. The average molecular weight is 501 g/mol. The van der Waals surface area contributed by atoms with Crippen LogP contribution in [0.2, 0.25) is 0 Å². The third-order valence-corrected chi connectivity index (χ3v) is 6.94. The molecule has 2 N–H and O–H groups in total. The van der Waals surface area contributed by atoms with Crippen molar-refractivity contribution in [1.29, 1.82) is 0 Å². The predicted molar refractivity (Wildman–Crippen MR) is 132 cm³/mol. The zero-order valence-corrected chi connectivity index (χ0v) is 20.7. The Bertz CT molecular complexity index is 1260. The highest BCUT2D eigenvalue weighted by atomic mass is 19.4. The Hall–Kier alpha value is -3.23. The number of imidazole rings is 1. The summed E-state index contributed by atoms with van der Waals surface area (Å²) in [5, 5.41) is 6.34. The van der Waals surface area contributed by atoms with E-state index in [0.717, 1.165) is 43.1 Å². The van der Waals surface area contributed by atoms with E-state index in [0.29, 0.717) is 23.1 Å². The topological polar surface area (TPSA) is 68.2 Å². The van der Waals surface area contributed by atoms with Gasteiger partial charge in [0.15, 0.2) is 0 Å². The number of nitrogens with one attached hydrogen (secondary N) is 2. The number of alkyl halides is 3. The van der Waals surface area contributed by atoms with E-state index in [1.165, 1.54) is 24.3 Å². The summed E-state index contributed by atoms with van der Waals surface area (Å²) in [5.41, 5.74) is 2.96. The monoisotopic (exact) mass is 500 g/mol. The van der Waals surface area contributed by atoms with Gasteiger partial charge < -0.3 is 19.9 Å². The van der Waals surface area contributed by atoms with E-state index < -0.39 is 6.36 Å². The predicted octanol–water partition coefficient (Wildman–Crippen LogP) is 6.96. The number of aromatic nitrogens is 2. The molecule has 1 heterocycles. The van der Waals surface area contributed by atoms with Crippen molar-refractivity contribution in [3.05, 3.63) is 48.0 Å². The number of halogens is 3. The van der Waals surface area contributed by atoms with E-state index in [4.69, 9.17) is 4.98 Å². The SMILES string of the molecule is C[C@@H]1C[C@H](n2c(Nc3ccc(OC(F)(F)F)cc3)nc3ccc(C(=O)NC4CC4)cc32)CC(C)(C)C1. The van der Waals surface area contributed by atoms with Crippen LogP contribution in [0.5, 0.6) is 5.75 Å². The number of hydrogen-bond acceptors (Lipinski definition) is 4. The largest absolute Gasteiger partial charge is 0.573 e. The zero-order valence-electron chi connectivity index (χ0n) is 20.7. The van der Waals surface area contributed by atoms with Gasteiger partial charge in [0.25, 0.3) is 5.91 Å². The highest BCUT2D eigenvalue weighted by Gasteiger charge is 2.35. The van der Waals surface area contributed by atoms with Crippen molar-refractivity contribution in [3.63, 3.8) is 0 Å². The van der Waals surface area contributed by atoms with Gasteiger partial charge in [-0.15, -0.1) is 13.2 Å². The summed E-state index contributed by atoms with van der Waals surface area (Å²) < 4.78 is 43.8. The number of carbonyl (C=O) groups is 1. The summed E-state index contributed by atoms with van der Waals surface area (Å²) in [6.07, 6.45) is 0.351. The van der Waals surface area contributed by atoms with Gasteiger partial charge in [-0.3, -0.25) is 4.79 Å². The van der Waals surface area contributed by atoms with Gasteiger partial charge in [0.2, 0.25) is 5.95 Å². The lowest BCUT2D eigenvalue weighted by atomic mass is 9.70. The summed E-state index contributed by atoms with van der Waals surface area (Å²) in [6, 6.07) is 11.6. The van der Waals surface area contributed by atoms with Crippen LogP contribution in [-0.2, 0) is 0 Å². The molecule has 2 atom stereocenters. The van der Waals surface area contributed by atoms with Gasteiger partial charge in [0.05, 0.1) is 11.0 Å². The minimum Gasteiger partial charge on any atom is -0.406 e. The average Bonchev–Trinajstić information content (AvgIpc) is 3.50. The molecule has 1 amide bonds. The van der Waals surface area contributed by atoms with Crippen LogP contribution >= 0.6 is 0 Å². The van der Waals surface area contributed by atoms with Crippen molar-refractivity contribution in [3.8, 4) is 5.75 Å². The molecule has 2 saturated carbocycles. The van der Waals surface area contributed by atoms with Gasteiger partial charge in [-0.25, -0.2) is 4.98 Å². The first-order valence-corrected chi connectivity index (χ1v) is 12.4. The smallest absolute Gasteiger partial charge is 0.406 e. The molecule has 192 valence electrons. The third-order valence-electron chi connectivity index (χ3n) is 6.94. The number of nitrogens with zero attached hydrogens (tertiary/aromatic N) is 2. The van der Waals surface area contributed by atoms with E-state index in [1.54, 1.807) is 6.07 Å². The number of carbonyl (C=O) groups excluding carboxylic acids is 1. The van der Waals surface area contributed by atoms with Crippen LogP contribution in [0.15, 0.2) is 42.5 Å². The molecule has 0 radical (unpaired) electrons. The van der Waals surface area contributed by atoms with Crippen molar-refractivity contribution >= 4 is 28.6 Å². The van der Waals surface area contributed by atoms with Crippen LogP contribution in [0, 0.1) is 11.3 Å². The first-order chi connectivity index (χ1) is 17.0. The molecule has 0 aliphatic heterocycles. The zero-order chi connectivity index (χ0) is 25.7. The number of fused-ring (bicyclic) bond motifs is 1. The van der Waals surface area contributed by atoms with Gasteiger partial charge in [-0.1, -0.05) is 20.8 Å². The molecule has 0 unspecified atom stereocenters. The molecule has 36 heavy (non-hydrogen) atoms. The summed E-state index contributed by atoms with van der Waals surface area (Å²) in [4.78, 5) is 17.6. The molecule has 5 rings (SSSR count). The Kier molecular flexibility index (Phi) is 6.12. The molecule has 1 aromatic heterocycles. The summed E-state index contributed by atoms with van der Waals surface area (Å²) >= 11 is 0. The van der Waals surface area contributed by atoms with Crippen LogP contribution in [0.3, 0.4) is 0 Å². The molecule has 2 aromatic carbocycles. The van der Waals surface area contributed by atoms with Gasteiger partial charge in [0, 0.05) is 23.3 Å². The van der Waals surface area contributed by atoms with Gasteiger partial charge in [0.1, 0.15) is 5.75 Å². The van der Waals surface area contributed by atoms with Crippen LogP contribution in [0.25, 0.3) is 11.0 Å². The standard InChI is InChI=1S/C27H31F3N4O2/c1-16-12-20(15-26(2,3)14-16)34-23-13-17(24(35)31-18-5-6-18)4-11-22(23)33-25(34)32-19-7-9-21(10-8-19)36-27(28,29)30/h4,7-11,13,16,18,20H,5-6,12,14-15H2,1-3H3,(H,31,35)(H,32,33)/t16-,20+/m1/s1. The molecule has 9 heteroatoms. The molecule has 2 fully saturated rings. The third kappa shape index (κ3) is 5.60. The highest BCUT2D eigenvalue weighted by Crippen LogP contribution is 2.46. The van der Waals surface area contributed by atoms with Crippen molar-refractivity contribution in [2.45, 2.75) is 71.3 Å². The van der Waals surface area contributed by atoms with Gasteiger partial charge in [-0.2, -0.15) is 0 Å². The normalized spacial score (nSPS) is 21.8. The second-order valence-corrected chi connectivity index (χ2v) is 11.0. The summed E-state index contributed by atoms with van der Waals surface area (Å²) in [7, 11) is 0. The first-order valence-electron chi connectivity index (χ1n) is 12.4. The van der Waals surface area contributed by atoms with E-state index in [9.17, 15) is 18.0 Å². The summed E-state index contributed by atoms with van der Waals surface area (Å²) in [6.45, 7) is 6.81. The molecular formula is C27H31F3N4O2. The minimum absolute atomic E-state index is 0.0840. The number of anilines is 2. The van der Waals surface area contributed by atoms with Crippen molar-refractivity contribution in [2.75, 3.05) is 5.32 Å². The molecule has 0 bridgehead atoms. The fourth-order valence-electron chi connectivity index (χ4n) is 5.55. The van der Waals surface area contributed by atoms with E-state index >= 15 is 0 Å².